The standard InChI is InChI=1S/C21H17N3O3S/c25-28(26,24-17-11-9-16(10-12-17)20-7-4-14-22-20)19-6-3-5-18(15-19)27-21-8-1-2-13-23-21/h1-15,22,24H. The van der Waals surface area contributed by atoms with E-state index in [2.05, 4.69) is 14.7 Å². The Morgan fingerprint density at radius 2 is 1.75 bits per heavy atom. The Kier molecular flexibility index (Phi) is 4.82. The molecule has 0 saturated carbocycles. The van der Waals surface area contributed by atoms with Crippen LogP contribution in [-0.2, 0) is 10.0 Å². The van der Waals surface area contributed by atoms with Crippen LogP contribution in [0.15, 0.2) is 96.2 Å². The third-order valence-corrected chi connectivity index (χ3v) is 5.40. The summed E-state index contributed by atoms with van der Waals surface area (Å²) >= 11 is 0. The highest BCUT2D eigenvalue weighted by atomic mass is 32.2. The highest BCUT2D eigenvalue weighted by Gasteiger charge is 2.15. The van der Waals surface area contributed by atoms with Gasteiger partial charge in [-0.2, -0.15) is 0 Å². The van der Waals surface area contributed by atoms with E-state index in [4.69, 9.17) is 4.74 Å². The first-order chi connectivity index (χ1) is 13.6. The zero-order valence-corrected chi connectivity index (χ0v) is 15.6. The van der Waals surface area contributed by atoms with Crippen molar-refractivity contribution in [3.05, 3.63) is 91.3 Å². The lowest BCUT2D eigenvalue weighted by molar-refractivity contribution is 0.461. The summed E-state index contributed by atoms with van der Waals surface area (Å²) in [5.41, 5.74) is 2.42. The van der Waals surface area contributed by atoms with E-state index < -0.39 is 10.0 Å². The van der Waals surface area contributed by atoms with Gasteiger partial charge in [0.2, 0.25) is 5.88 Å². The van der Waals surface area contributed by atoms with E-state index in [0.29, 0.717) is 17.3 Å². The van der Waals surface area contributed by atoms with Crippen molar-refractivity contribution >= 4 is 15.7 Å². The Morgan fingerprint density at radius 1 is 0.893 bits per heavy atom. The van der Waals surface area contributed by atoms with Crippen molar-refractivity contribution in [2.45, 2.75) is 4.90 Å². The summed E-state index contributed by atoms with van der Waals surface area (Å²) in [4.78, 5) is 7.29. The lowest BCUT2D eigenvalue weighted by atomic mass is 10.1. The maximum atomic E-state index is 12.7. The monoisotopic (exact) mass is 391 g/mol. The van der Waals surface area contributed by atoms with Crippen LogP contribution in [0.1, 0.15) is 0 Å². The minimum atomic E-state index is -3.75. The van der Waals surface area contributed by atoms with Crippen LogP contribution in [0.2, 0.25) is 0 Å². The van der Waals surface area contributed by atoms with Crippen molar-refractivity contribution in [2.75, 3.05) is 4.72 Å². The van der Waals surface area contributed by atoms with E-state index in [1.807, 2.05) is 30.5 Å². The Balaban J connectivity index is 1.52. The maximum absolute atomic E-state index is 12.7. The first-order valence-corrected chi connectivity index (χ1v) is 10.0. The van der Waals surface area contributed by atoms with Crippen LogP contribution in [0.4, 0.5) is 5.69 Å². The number of nitrogens with one attached hydrogen (secondary N) is 2. The average molecular weight is 391 g/mol. The van der Waals surface area contributed by atoms with Crippen LogP contribution in [0.5, 0.6) is 11.6 Å². The first-order valence-electron chi connectivity index (χ1n) is 8.56. The predicted molar refractivity (Wildman–Crippen MR) is 108 cm³/mol. The van der Waals surface area contributed by atoms with Gasteiger partial charge in [0.1, 0.15) is 5.75 Å². The Labute approximate surface area is 162 Å². The van der Waals surface area contributed by atoms with Gasteiger partial charge in [-0.3, -0.25) is 4.72 Å². The van der Waals surface area contributed by atoms with Crippen LogP contribution < -0.4 is 9.46 Å². The smallest absolute Gasteiger partial charge is 0.262 e. The second kappa shape index (κ2) is 7.58. The molecule has 0 aliphatic rings. The molecule has 0 bridgehead atoms. The largest absolute Gasteiger partial charge is 0.439 e. The molecule has 0 amide bonds. The third kappa shape index (κ3) is 4.05. The summed E-state index contributed by atoms with van der Waals surface area (Å²) < 4.78 is 33.7. The molecule has 0 atom stereocenters. The second-order valence-electron chi connectivity index (χ2n) is 6.01. The van der Waals surface area contributed by atoms with Gasteiger partial charge in [-0.1, -0.05) is 24.3 Å². The van der Waals surface area contributed by atoms with E-state index in [0.717, 1.165) is 11.3 Å². The van der Waals surface area contributed by atoms with Crippen LogP contribution in [0.25, 0.3) is 11.3 Å². The molecule has 0 aliphatic heterocycles. The number of benzene rings is 2. The zero-order chi connectivity index (χ0) is 19.4. The van der Waals surface area contributed by atoms with Gasteiger partial charge in [0.25, 0.3) is 10.0 Å². The predicted octanol–water partition coefficient (Wildman–Crippen LogP) is 4.67. The van der Waals surface area contributed by atoms with E-state index >= 15 is 0 Å². The fourth-order valence-electron chi connectivity index (χ4n) is 2.67. The third-order valence-electron chi connectivity index (χ3n) is 4.02. The Bertz CT molecular complexity index is 1160. The van der Waals surface area contributed by atoms with E-state index in [-0.39, 0.29) is 4.90 Å². The van der Waals surface area contributed by atoms with E-state index in [1.54, 1.807) is 48.7 Å². The number of ether oxygens (including phenoxy) is 1. The molecule has 7 heteroatoms. The van der Waals surface area contributed by atoms with Crippen LogP contribution >= 0.6 is 0 Å². The highest BCUT2D eigenvalue weighted by molar-refractivity contribution is 7.92. The van der Waals surface area contributed by atoms with Crippen LogP contribution in [0.3, 0.4) is 0 Å². The molecular weight excluding hydrogens is 374 g/mol. The summed E-state index contributed by atoms with van der Waals surface area (Å²) in [7, 11) is -3.75. The molecule has 0 spiro atoms. The normalized spacial score (nSPS) is 11.1. The molecule has 0 unspecified atom stereocenters. The Morgan fingerprint density at radius 3 is 2.46 bits per heavy atom. The van der Waals surface area contributed by atoms with Gasteiger partial charge in [-0.25, -0.2) is 13.4 Å². The number of H-pyrrole nitrogens is 1. The highest BCUT2D eigenvalue weighted by Crippen LogP contribution is 2.25. The van der Waals surface area contributed by atoms with Gasteiger partial charge in [0.15, 0.2) is 0 Å². The van der Waals surface area contributed by atoms with Crippen LogP contribution in [0, 0.1) is 0 Å². The minimum absolute atomic E-state index is 0.106. The molecular formula is C21H17N3O3S. The molecule has 2 aromatic heterocycles. The summed E-state index contributed by atoms with van der Waals surface area (Å²) in [6.45, 7) is 0. The van der Waals surface area contributed by atoms with Gasteiger partial charge in [0, 0.05) is 35.9 Å². The molecule has 0 saturated heterocycles. The van der Waals surface area contributed by atoms with Crippen molar-refractivity contribution in [1.82, 2.24) is 9.97 Å². The molecule has 6 nitrogen and oxygen atoms in total. The van der Waals surface area contributed by atoms with E-state index in [1.165, 1.54) is 12.1 Å². The van der Waals surface area contributed by atoms with Crippen molar-refractivity contribution < 1.29 is 13.2 Å². The first kappa shape index (κ1) is 17.8. The molecule has 2 N–H and O–H groups in total. The van der Waals surface area contributed by atoms with Crippen molar-refractivity contribution in [3.8, 4) is 22.9 Å². The number of hydrogen-bond donors (Lipinski definition) is 2. The fourth-order valence-corrected chi connectivity index (χ4v) is 3.77. The van der Waals surface area contributed by atoms with Gasteiger partial charge in [-0.05, 0) is 48.0 Å². The quantitative estimate of drug-likeness (QED) is 0.500. The summed E-state index contributed by atoms with van der Waals surface area (Å²) in [5.74, 6) is 0.786. The number of sulfonamides is 1. The molecule has 0 fully saturated rings. The summed E-state index contributed by atoms with van der Waals surface area (Å²) in [5, 5.41) is 0. The molecule has 4 aromatic rings. The van der Waals surface area contributed by atoms with Crippen molar-refractivity contribution in [2.24, 2.45) is 0 Å². The summed E-state index contributed by atoms with van der Waals surface area (Å²) in [6.07, 6.45) is 3.44. The molecule has 0 radical (unpaired) electrons. The second-order valence-corrected chi connectivity index (χ2v) is 7.69. The van der Waals surface area contributed by atoms with Gasteiger partial charge >= 0.3 is 0 Å². The van der Waals surface area contributed by atoms with Gasteiger partial charge in [-0.15, -0.1) is 0 Å². The SMILES string of the molecule is O=S(=O)(Nc1ccc(-c2ccc[nH]2)cc1)c1cccc(Oc2ccccn2)c1. The number of pyridine rings is 1. The number of anilines is 1. The van der Waals surface area contributed by atoms with Gasteiger partial charge in [0.05, 0.1) is 4.90 Å². The number of nitrogens with zero attached hydrogens (tertiary/aromatic N) is 1. The molecule has 2 heterocycles. The zero-order valence-electron chi connectivity index (χ0n) is 14.7. The van der Waals surface area contributed by atoms with Crippen LogP contribution in [-0.4, -0.2) is 18.4 Å². The minimum Gasteiger partial charge on any atom is -0.439 e. The van der Waals surface area contributed by atoms with Crippen molar-refractivity contribution in [3.63, 3.8) is 0 Å². The number of hydrogen-bond acceptors (Lipinski definition) is 4. The average Bonchev–Trinajstić information content (AvgIpc) is 3.24. The lowest BCUT2D eigenvalue weighted by Gasteiger charge is -2.10. The topological polar surface area (TPSA) is 84.1 Å². The Hall–Kier alpha value is -3.58. The lowest BCUT2D eigenvalue weighted by Crippen LogP contribution is -2.12. The molecule has 2 aromatic carbocycles. The molecule has 28 heavy (non-hydrogen) atoms. The molecule has 4 rings (SSSR count). The van der Waals surface area contributed by atoms with E-state index in [9.17, 15) is 8.42 Å². The van der Waals surface area contributed by atoms with Gasteiger partial charge < -0.3 is 9.72 Å². The van der Waals surface area contributed by atoms with Crippen molar-refractivity contribution in [1.29, 1.82) is 0 Å². The maximum Gasteiger partial charge on any atom is 0.262 e. The number of rotatable bonds is 6. The molecule has 140 valence electrons. The number of aromatic nitrogens is 2. The fraction of sp³-hybridized carbons (Fsp3) is 0. The molecule has 0 aliphatic carbocycles. The summed E-state index contributed by atoms with van der Waals surface area (Å²) in [6, 6.07) is 22.6. The number of aromatic amines is 1.